The topological polar surface area (TPSA) is 66.8 Å². The van der Waals surface area contributed by atoms with Crippen LogP contribution in [-0.4, -0.2) is 31.8 Å². The van der Waals surface area contributed by atoms with Crippen molar-refractivity contribution in [1.29, 1.82) is 0 Å². The molecule has 0 aromatic carbocycles. The van der Waals surface area contributed by atoms with Gasteiger partial charge in [-0.1, -0.05) is 0 Å². The Kier molecular flexibility index (Phi) is 3.37. The second kappa shape index (κ2) is 3.56. The first-order valence-corrected chi connectivity index (χ1v) is 3.43. The smallest absolute Gasteiger partial charge is 0.511 e. The molecule has 48 valence electrons. The van der Waals surface area contributed by atoms with E-state index in [4.69, 9.17) is 9.90 Å². The molecule has 5 heteroatoms. The molecule has 0 saturated heterocycles. The molecule has 4 nitrogen and oxygen atoms in total. The number of aliphatic hydroxyl groups is 1. The zero-order valence-corrected chi connectivity index (χ0v) is 5.50. The largest absolute Gasteiger partial charge is 0.764 e. The van der Waals surface area contributed by atoms with Gasteiger partial charge in [0.05, 0.1) is 6.61 Å². The summed E-state index contributed by atoms with van der Waals surface area (Å²) in [7, 11) is -2.86. The average Bonchev–Trinajstić information content (AvgIpc) is 1.65. The summed E-state index contributed by atoms with van der Waals surface area (Å²) in [5, 5.41) is 8.22. The van der Waals surface area contributed by atoms with E-state index in [-0.39, 0.29) is 6.61 Å². The molecule has 0 bridgehead atoms. The highest BCUT2D eigenvalue weighted by Gasteiger charge is 2.08. The summed E-state index contributed by atoms with van der Waals surface area (Å²) in [5.74, 6) is 0. The van der Waals surface area contributed by atoms with Crippen LogP contribution in [-0.2, 0) is 8.89 Å². The molecule has 0 saturated carbocycles. The Morgan fingerprint density at radius 1 is 1.88 bits per heavy atom. The standard InChI is InChI=1S/C3H8O4Si/c1-3(2-4)7-8(5)6/h3-5H,2H2,1H3. The van der Waals surface area contributed by atoms with Crippen LogP contribution in [0.5, 0.6) is 0 Å². The van der Waals surface area contributed by atoms with Crippen LogP contribution < -0.4 is 0 Å². The molecule has 0 aliphatic carbocycles. The first-order chi connectivity index (χ1) is 3.66. The first kappa shape index (κ1) is 7.58. The summed E-state index contributed by atoms with van der Waals surface area (Å²) in [6, 6.07) is 0. The van der Waals surface area contributed by atoms with Gasteiger partial charge in [0.15, 0.2) is 0 Å². The van der Waals surface area contributed by atoms with Gasteiger partial charge in [-0.05, 0) is 6.92 Å². The molecule has 1 unspecified atom stereocenters. The molecule has 0 heterocycles. The summed E-state index contributed by atoms with van der Waals surface area (Å²) in [6.07, 6.45) is -0.536. The van der Waals surface area contributed by atoms with E-state index in [0.717, 1.165) is 0 Å². The highest BCUT2D eigenvalue weighted by molar-refractivity contribution is 6.24. The summed E-state index contributed by atoms with van der Waals surface area (Å²) in [6.45, 7) is 1.29. The lowest BCUT2D eigenvalue weighted by atomic mass is 10.5. The minimum Gasteiger partial charge on any atom is -0.511 e. The van der Waals surface area contributed by atoms with Crippen molar-refractivity contribution < 1.29 is 18.8 Å². The normalized spacial score (nSPS) is 12.8. The minimum absolute atomic E-state index is 0.225. The molecule has 8 heavy (non-hydrogen) atoms. The van der Waals surface area contributed by atoms with Crippen LogP contribution in [0.25, 0.3) is 0 Å². The van der Waals surface area contributed by atoms with Gasteiger partial charge in [0, 0.05) is 0 Å². The van der Waals surface area contributed by atoms with Crippen LogP contribution in [0, 0.1) is 0 Å². The molecule has 0 fully saturated rings. The Morgan fingerprint density at radius 2 is 2.38 bits per heavy atom. The predicted octanol–water partition coefficient (Wildman–Crippen LogP) is -1.21. The molecule has 0 aromatic heterocycles. The van der Waals surface area contributed by atoms with E-state index in [1.54, 1.807) is 0 Å². The van der Waals surface area contributed by atoms with E-state index in [2.05, 4.69) is 4.43 Å². The van der Waals surface area contributed by atoms with Gasteiger partial charge in [-0.15, -0.1) is 0 Å². The van der Waals surface area contributed by atoms with Gasteiger partial charge in [0.25, 0.3) is 0 Å². The Hall–Kier alpha value is -0.423. The molecule has 0 aliphatic rings. The van der Waals surface area contributed by atoms with E-state index in [1.807, 2.05) is 0 Å². The van der Waals surface area contributed by atoms with Gasteiger partial charge in [-0.25, -0.2) is 0 Å². The fraction of sp³-hybridized carbons (Fsp3) is 1.00. The maximum absolute atomic E-state index is 9.82. The van der Waals surface area contributed by atoms with Crippen LogP contribution in [0.3, 0.4) is 0 Å². The van der Waals surface area contributed by atoms with Crippen molar-refractivity contribution in [2.45, 2.75) is 13.0 Å². The van der Waals surface area contributed by atoms with E-state index < -0.39 is 15.3 Å². The molecule has 0 amide bonds. The van der Waals surface area contributed by atoms with Crippen molar-refractivity contribution in [1.82, 2.24) is 0 Å². The minimum atomic E-state index is -2.86. The van der Waals surface area contributed by atoms with Gasteiger partial charge in [0.2, 0.25) is 0 Å². The fourth-order valence-electron chi connectivity index (χ4n) is 0.209. The monoisotopic (exact) mass is 136 g/mol. The second-order valence-corrected chi connectivity index (χ2v) is 2.14. The van der Waals surface area contributed by atoms with E-state index >= 15 is 0 Å². The third-order valence-electron chi connectivity index (χ3n) is 0.559. The Labute approximate surface area is 48.6 Å². The Bertz CT molecular complexity index is 83.4. The number of rotatable bonds is 3. The number of hydrogen-bond donors (Lipinski definition) is 2. The third kappa shape index (κ3) is 3.76. The maximum Gasteiger partial charge on any atom is 0.764 e. The molecule has 0 aliphatic heterocycles. The SMILES string of the molecule is CC(CO)O[Si](=O)O. The van der Waals surface area contributed by atoms with Crippen LogP contribution in [0.15, 0.2) is 0 Å². The van der Waals surface area contributed by atoms with Crippen LogP contribution in [0.4, 0.5) is 0 Å². The molecule has 0 spiro atoms. The van der Waals surface area contributed by atoms with Gasteiger partial charge in [-0.3, -0.25) is 4.46 Å². The van der Waals surface area contributed by atoms with E-state index in [0.29, 0.717) is 0 Å². The number of aliphatic hydroxyl groups excluding tert-OH is 1. The van der Waals surface area contributed by atoms with Gasteiger partial charge in [0.1, 0.15) is 6.10 Å². The van der Waals surface area contributed by atoms with Crippen molar-refractivity contribution >= 4 is 9.17 Å². The number of hydrogen-bond acceptors (Lipinski definition) is 3. The van der Waals surface area contributed by atoms with Crippen LogP contribution in [0.2, 0.25) is 0 Å². The molecule has 1 atom stereocenters. The van der Waals surface area contributed by atoms with Crippen LogP contribution >= 0.6 is 0 Å². The summed E-state index contributed by atoms with van der Waals surface area (Å²) in [5.41, 5.74) is 0. The zero-order chi connectivity index (χ0) is 6.57. The third-order valence-corrected chi connectivity index (χ3v) is 1.16. The zero-order valence-electron chi connectivity index (χ0n) is 4.50. The highest BCUT2D eigenvalue weighted by atomic mass is 28.3. The summed E-state index contributed by atoms with van der Waals surface area (Å²) < 4.78 is 14.1. The Morgan fingerprint density at radius 3 is 2.50 bits per heavy atom. The highest BCUT2D eigenvalue weighted by Crippen LogP contribution is 1.84. The molecule has 2 N–H and O–H groups in total. The molecule has 0 rings (SSSR count). The van der Waals surface area contributed by atoms with Crippen molar-refractivity contribution in [3.63, 3.8) is 0 Å². The average molecular weight is 136 g/mol. The lowest BCUT2D eigenvalue weighted by Gasteiger charge is -2.04. The Balaban J connectivity index is 3.24. The first-order valence-electron chi connectivity index (χ1n) is 2.17. The molecule has 0 aromatic rings. The van der Waals surface area contributed by atoms with Crippen molar-refractivity contribution in [3.8, 4) is 0 Å². The van der Waals surface area contributed by atoms with E-state index in [1.165, 1.54) is 6.92 Å². The molecular weight excluding hydrogens is 128 g/mol. The van der Waals surface area contributed by atoms with E-state index in [9.17, 15) is 4.46 Å². The predicted molar refractivity (Wildman–Crippen MR) is 26.3 cm³/mol. The van der Waals surface area contributed by atoms with Gasteiger partial charge < -0.3 is 14.3 Å². The molecule has 0 radical (unpaired) electrons. The lowest BCUT2D eigenvalue weighted by molar-refractivity contribution is 0.0981. The maximum atomic E-state index is 9.82. The van der Waals surface area contributed by atoms with Crippen molar-refractivity contribution in [2.24, 2.45) is 0 Å². The quantitative estimate of drug-likeness (QED) is 0.478. The van der Waals surface area contributed by atoms with Crippen LogP contribution in [0.1, 0.15) is 6.92 Å². The summed E-state index contributed by atoms with van der Waals surface area (Å²) in [4.78, 5) is 8.07. The lowest BCUT2D eigenvalue weighted by Crippen LogP contribution is -2.19. The second-order valence-electron chi connectivity index (χ2n) is 1.38. The van der Waals surface area contributed by atoms with Gasteiger partial charge in [-0.2, -0.15) is 0 Å². The van der Waals surface area contributed by atoms with Gasteiger partial charge >= 0.3 is 9.17 Å². The summed E-state index contributed by atoms with van der Waals surface area (Å²) >= 11 is 0. The fourth-order valence-corrected chi connectivity index (χ4v) is 0.628. The van der Waals surface area contributed by atoms with Crippen molar-refractivity contribution in [2.75, 3.05) is 6.61 Å². The molecular formula is C3H8O4Si. The van der Waals surface area contributed by atoms with Crippen molar-refractivity contribution in [3.05, 3.63) is 0 Å².